The predicted octanol–water partition coefficient (Wildman–Crippen LogP) is 5.27. The summed E-state index contributed by atoms with van der Waals surface area (Å²) in [5.41, 5.74) is 2.99. The van der Waals surface area contributed by atoms with Crippen LogP contribution in [0.4, 0.5) is 0 Å². The third kappa shape index (κ3) is 6.66. The van der Waals surface area contributed by atoms with E-state index in [0.29, 0.717) is 25.3 Å². The van der Waals surface area contributed by atoms with E-state index in [2.05, 4.69) is 30.4 Å². The molecular weight excluding hydrogens is 374 g/mol. The van der Waals surface area contributed by atoms with E-state index in [1.54, 1.807) is 12.1 Å². The maximum atomic E-state index is 12.3. The summed E-state index contributed by atoms with van der Waals surface area (Å²) in [6, 6.07) is 25.6. The van der Waals surface area contributed by atoms with Gasteiger partial charge in [0.1, 0.15) is 18.1 Å². The zero-order chi connectivity index (χ0) is 21.0. The van der Waals surface area contributed by atoms with Crippen molar-refractivity contribution < 1.29 is 14.3 Å². The molecule has 0 spiro atoms. The van der Waals surface area contributed by atoms with Crippen molar-refractivity contribution in [1.82, 2.24) is 5.32 Å². The number of rotatable bonds is 11. The first kappa shape index (κ1) is 21.4. The molecule has 3 aromatic carbocycles. The van der Waals surface area contributed by atoms with Gasteiger partial charge in [-0.2, -0.15) is 0 Å². The molecule has 0 fully saturated rings. The van der Waals surface area contributed by atoms with Crippen molar-refractivity contribution in [3.63, 3.8) is 0 Å². The average molecular weight is 404 g/mol. The van der Waals surface area contributed by atoms with Crippen LogP contribution in [-0.2, 0) is 6.42 Å². The van der Waals surface area contributed by atoms with Gasteiger partial charge in [-0.1, -0.05) is 61.9 Å². The van der Waals surface area contributed by atoms with Crippen LogP contribution in [-0.4, -0.2) is 25.7 Å². The maximum absolute atomic E-state index is 12.3. The van der Waals surface area contributed by atoms with E-state index in [0.717, 1.165) is 36.3 Å². The zero-order valence-corrected chi connectivity index (χ0v) is 17.5. The second kappa shape index (κ2) is 11.7. The molecule has 0 atom stereocenters. The molecule has 0 saturated carbocycles. The van der Waals surface area contributed by atoms with Gasteiger partial charge < -0.3 is 14.8 Å². The predicted molar refractivity (Wildman–Crippen MR) is 120 cm³/mol. The van der Waals surface area contributed by atoms with Crippen LogP contribution in [0.2, 0.25) is 0 Å². The van der Waals surface area contributed by atoms with Crippen molar-refractivity contribution in [3.8, 4) is 11.5 Å². The molecule has 30 heavy (non-hydrogen) atoms. The highest BCUT2D eigenvalue weighted by Crippen LogP contribution is 2.21. The molecule has 0 bridgehead atoms. The molecule has 156 valence electrons. The van der Waals surface area contributed by atoms with Crippen LogP contribution in [0.1, 0.15) is 41.3 Å². The molecular formula is C26H29NO3. The van der Waals surface area contributed by atoms with Gasteiger partial charge >= 0.3 is 0 Å². The fraction of sp³-hybridized carbons (Fsp3) is 0.269. The Kier molecular flexibility index (Phi) is 8.34. The summed E-state index contributed by atoms with van der Waals surface area (Å²) in [4.78, 5) is 12.3. The summed E-state index contributed by atoms with van der Waals surface area (Å²) in [7, 11) is 0. The molecule has 0 radical (unpaired) electrons. The van der Waals surface area contributed by atoms with Crippen LogP contribution in [0.3, 0.4) is 0 Å². The number of carbonyl (C=O) groups excluding carboxylic acids is 1. The molecule has 0 heterocycles. The topological polar surface area (TPSA) is 47.6 Å². The van der Waals surface area contributed by atoms with Crippen molar-refractivity contribution in [3.05, 3.63) is 95.6 Å². The number of unbranched alkanes of at least 4 members (excludes halogenated alkanes) is 1. The summed E-state index contributed by atoms with van der Waals surface area (Å²) in [6.45, 7) is 3.68. The molecule has 4 nitrogen and oxygen atoms in total. The number of hydrogen-bond donors (Lipinski definition) is 1. The van der Waals surface area contributed by atoms with Crippen molar-refractivity contribution in [2.24, 2.45) is 0 Å². The van der Waals surface area contributed by atoms with Gasteiger partial charge in [0.25, 0.3) is 5.91 Å². The van der Waals surface area contributed by atoms with Gasteiger partial charge in [-0.05, 0) is 47.9 Å². The van der Waals surface area contributed by atoms with Crippen LogP contribution in [0.5, 0.6) is 11.5 Å². The van der Waals surface area contributed by atoms with Gasteiger partial charge in [-0.25, -0.2) is 0 Å². The van der Waals surface area contributed by atoms with Gasteiger partial charge in [0, 0.05) is 12.0 Å². The Bertz CT molecular complexity index is 907. The smallest absolute Gasteiger partial charge is 0.251 e. The summed E-state index contributed by atoms with van der Waals surface area (Å²) in [6.07, 6.45) is 2.94. The number of benzene rings is 3. The van der Waals surface area contributed by atoms with Gasteiger partial charge in [-0.15, -0.1) is 0 Å². The molecule has 0 saturated heterocycles. The Morgan fingerprint density at radius 2 is 1.57 bits per heavy atom. The van der Waals surface area contributed by atoms with Gasteiger partial charge in [0.2, 0.25) is 0 Å². The lowest BCUT2D eigenvalue weighted by Gasteiger charge is -2.12. The van der Waals surface area contributed by atoms with E-state index >= 15 is 0 Å². The first-order valence-corrected chi connectivity index (χ1v) is 10.5. The maximum Gasteiger partial charge on any atom is 0.251 e. The fourth-order valence-electron chi connectivity index (χ4n) is 3.07. The zero-order valence-electron chi connectivity index (χ0n) is 17.5. The van der Waals surface area contributed by atoms with E-state index in [1.807, 2.05) is 48.5 Å². The quantitative estimate of drug-likeness (QED) is 0.444. The minimum atomic E-state index is -0.115. The Balaban J connectivity index is 1.45. The molecule has 3 aromatic rings. The lowest BCUT2D eigenvalue weighted by Crippen LogP contribution is -2.28. The standard InChI is InChI=1S/C26H29NO3/c1-2-3-18-29-24-15-13-22(14-16-24)26(28)27-17-19-30-25-12-8-7-11-23(25)20-21-9-5-4-6-10-21/h4-16H,2-3,17-20H2,1H3,(H,27,28). The molecule has 3 rings (SSSR count). The lowest BCUT2D eigenvalue weighted by molar-refractivity contribution is 0.0947. The number of amides is 1. The Morgan fingerprint density at radius 3 is 2.33 bits per heavy atom. The summed E-state index contributed by atoms with van der Waals surface area (Å²) in [5.74, 6) is 1.53. The molecule has 4 heteroatoms. The third-order valence-electron chi connectivity index (χ3n) is 4.74. The first-order valence-electron chi connectivity index (χ1n) is 10.5. The highest BCUT2D eigenvalue weighted by Gasteiger charge is 2.07. The largest absolute Gasteiger partial charge is 0.494 e. The fourth-order valence-corrected chi connectivity index (χ4v) is 3.07. The molecule has 1 amide bonds. The Morgan fingerprint density at radius 1 is 0.833 bits per heavy atom. The van der Waals surface area contributed by atoms with E-state index in [9.17, 15) is 4.79 Å². The highest BCUT2D eigenvalue weighted by atomic mass is 16.5. The van der Waals surface area contributed by atoms with Crippen LogP contribution in [0.15, 0.2) is 78.9 Å². The first-order chi connectivity index (χ1) is 14.8. The van der Waals surface area contributed by atoms with E-state index in [1.165, 1.54) is 5.56 Å². The van der Waals surface area contributed by atoms with Crippen molar-refractivity contribution in [2.45, 2.75) is 26.2 Å². The van der Waals surface area contributed by atoms with Crippen molar-refractivity contribution in [1.29, 1.82) is 0 Å². The SMILES string of the molecule is CCCCOc1ccc(C(=O)NCCOc2ccccc2Cc2ccccc2)cc1. The molecule has 0 unspecified atom stereocenters. The average Bonchev–Trinajstić information content (AvgIpc) is 2.79. The molecule has 0 aromatic heterocycles. The van der Waals surface area contributed by atoms with E-state index < -0.39 is 0 Å². The number of hydrogen-bond acceptors (Lipinski definition) is 3. The minimum absolute atomic E-state index is 0.115. The second-order valence-corrected chi connectivity index (χ2v) is 7.10. The third-order valence-corrected chi connectivity index (χ3v) is 4.74. The Hall–Kier alpha value is -3.27. The number of ether oxygens (including phenoxy) is 2. The highest BCUT2D eigenvalue weighted by molar-refractivity contribution is 5.94. The van der Waals surface area contributed by atoms with E-state index in [-0.39, 0.29) is 5.91 Å². The monoisotopic (exact) mass is 403 g/mol. The molecule has 0 aliphatic carbocycles. The normalized spacial score (nSPS) is 10.4. The van der Waals surface area contributed by atoms with Crippen molar-refractivity contribution in [2.75, 3.05) is 19.8 Å². The second-order valence-electron chi connectivity index (χ2n) is 7.10. The van der Waals surface area contributed by atoms with E-state index in [4.69, 9.17) is 9.47 Å². The minimum Gasteiger partial charge on any atom is -0.494 e. The van der Waals surface area contributed by atoms with Crippen LogP contribution < -0.4 is 14.8 Å². The van der Waals surface area contributed by atoms with Crippen LogP contribution >= 0.6 is 0 Å². The van der Waals surface area contributed by atoms with Crippen LogP contribution in [0.25, 0.3) is 0 Å². The number of para-hydroxylation sites is 1. The molecule has 1 N–H and O–H groups in total. The lowest BCUT2D eigenvalue weighted by atomic mass is 10.0. The number of carbonyl (C=O) groups is 1. The summed E-state index contributed by atoms with van der Waals surface area (Å²) < 4.78 is 11.6. The van der Waals surface area contributed by atoms with Crippen LogP contribution in [0, 0.1) is 0 Å². The Labute approximate surface area is 178 Å². The van der Waals surface area contributed by atoms with Gasteiger partial charge in [0.05, 0.1) is 13.2 Å². The molecule has 0 aliphatic heterocycles. The molecule has 0 aliphatic rings. The van der Waals surface area contributed by atoms with Crippen molar-refractivity contribution >= 4 is 5.91 Å². The van der Waals surface area contributed by atoms with Gasteiger partial charge in [0.15, 0.2) is 0 Å². The number of nitrogens with one attached hydrogen (secondary N) is 1. The summed E-state index contributed by atoms with van der Waals surface area (Å²) in [5, 5.41) is 2.91. The van der Waals surface area contributed by atoms with Gasteiger partial charge in [-0.3, -0.25) is 4.79 Å². The summed E-state index contributed by atoms with van der Waals surface area (Å²) >= 11 is 0.